The number of rotatable bonds is 17. The number of phenols is 2. The van der Waals surface area contributed by atoms with Gasteiger partial charge in [0, 0.05) is 19.3 Å². The van der Waals surface area contributed by atoms with E-state index in [-0.39, 0.29) is 23.4 Å². The Labute approximate surface area is 243 Å². The van der Waals surface area contributed by atoms with E-state index in [1.165, 1.54) is 0 Å². The molecular formula is C34H44N2O5. The van der Waals surface area contributed by atoms with E-state index in [9.17, 15) is 20.1 Å². The lowest BCUT2D eigenvalue weighted by Crippen LogP contribution is -2.19. The number of aliphatic hydroxyl groups is 1. The molecule has 3 aromatic rings. The van der Waals surface area contributed by atoms with Gasteiger partial charge in [-0.15, -0.1) is 0 Å². The molecule has 0 saturated carbocycles. The molecule has 7 nitrogen and oxygen atoms in total. The van der Waals surface area contributed by atoms with Crippen LogP contribution in [0.2, 0.25) is 0 Å². The second kappa shape index (κ2) is 16.6. The summed E-state index contributed by atoms with van der Waals surface area (Å²) in [6.07, 6.45) is 9.69. The second-order valence-corrected chi connectivity index (χ2v) is 10.7. The topological polar surface area (TPSA) is 139 Å². The van der Waals surface area contributed by atoms with Crippen LogP contribution in [-0.4, -0.2) is 33.8 Å². The van der Waals surface area contributed by atoms with Crippen LogP contribution in [0.4, 0.5) is 0 Å². The minimum atomic E-state index is -0.515. The summed E-state index contributed by atoms with van der Waals surface area (Å²) in [5.74, 6) is 0.755. The van der Waals surface area contributed by atoms with E-state index >= 15 is 0 Å². The van der Waals surface area contributed by atoms with Crippen molar-refractivity contribution in [3.8, 4) is 17.2 Å². The lowest BCUT2D eigenvalue weighted by molar-refractivity contribution is -0.114. The summed E-state index contributed by atoms with van der Waals surface area (Å²) in [7, 11) is 0. The molecule has 0 radical (unpaired) electrons. The molecule has 0 fully saturated rings. The number of aromatic hydroxyl groups is 2. The Kier molecular flexibility index (Phi) is 12.9. The standard InChI is InChI=1S/C34H44N2O5/c1-24(37)7-5-3-2-4-6-8-30(38)16-11-26-13-18-32(40)33(23-26)41-20-19-27-12-17-31(39)29(22-27)21-25-9-14-28(15-10-25)34(35)36/h6,8-10,12-15,17-18,22-24,34,37,39-40H,2-5,7,11,16,19-21,35-36H2,1H3/b8-6+/t24-/m0/s1. The quantitative estimate of drug-likeness (QED) is 0.0821. The molecule has 0 heterocycles. The first kappa shape index (κ1) is 31.9. The minimum Gasteiger partial charge on any atom is -0.508 e. The number of hydrogen-bond acceptors (Lipinski definition) is 7. The number of hydrogen-bond donors (Lipinski definition) is 5. The molecule has 220 valence electrons. The number of unbranched alkanes of at least 4 members (excludes halogenated alkanes) is 3. The molecule has 0 aromatic heterocycles. The first-order chi connectivity index (χ1) is 19.7. The van der Waals surface area contributed by atoms with Crippen LogP contribution < -0.4 is 16.2 Å². The average Bonchev–Trinajstić information content (AvgIpc) is 2.94. The zero-order chi connectivity index (χ0) is 29.6. The van der Waals surface area contributed by atoms with Gasteiger partial charge in [-0.25, -0.2) is 0 Å². The summed E-state index contributed by atoms with van der Waals surface area (Å²) < 4.78 is 5.89. The molecule has 1 atom stereocenters. The number of aliphatic hydroxyl groups excluding tert-OH is 1. The van der Waals surface area contributed by atoms with Gasteiger partial charge in [-0.2, -0.15) is 0 Å². The summed E-state index contributed by atoms with van der Waals surface area (Å²) in [5.41, 5.74) is 16.1. The molecule has 0 unspecified atom stereocenters. The van der Waals surface area contributed by atoms with Gasteiger partial charge in [0.25, 0.3) is 0 Å². The van der Waals surface area contributed by atoms with Gasteiger partial charge in [-0.05, 0) is 84.7 Å². The van der Waals surface area contributed by atoms with E-state index in [4.69, 9.17) is 16.2 Å². The second-order valence-electron chi connectivity index (χ2n) is 10.7. The molecule has 0 aliphatic carbocycles. The highest BCUT2D eigenvalue weighted by molar-refractivity contribution is 5.89. The Morgan fingerprint density at radius 3 is 2.27 bits per heavy atom. The molecule has 0 amide bonds. The van der Waals surface area contributed by atoms with Gasteiger partial charge < -0.3 is 31.5 Å². The largest absolute Gasteiger partial charge is 0.508 e. The maximum atomic E-state index is 12.3. The summed E-state index contributed by atoms with van der Waals surface area (Å²) in [5, 5.41) is 29.9. The van der Waals surface area contributed by atoms with Crippen LogP contribution >= 0.6 is 0 Å². The minimum absolute atomic E-state index is 0.0580. The molecule has 0 aliphatic rings. The summed E-state index contributed by atoms with van der Waals surface area (Å²) in [6, 6.07) is 18.4. The lowest BCUT2D eigenvalue weighted by Gasteiger charge is -2.12. The van der Waals surface area contributed by atoms with Crippen molar-refractivity contribution in [3.63, 3.8) is 0 Å². The number of aryl methyl sites for hydroxylation is 1. The molecule has 3 rings (SSSR count). The predicted octanol–water partition coefficient (Wildman–Crippen LogP) is 5.62. The number of ketones is 1. The Balaban J connectivity index is 1.46. The van der Waals surface area contributed by atoms with Crippen molar-refractivity contribution in [1.82, 2.24) is 0 Å². The predicted molar refractivity (Wildman–Crippen MR) is 163 cm³/mol. The number of carbonyl (C=O) groups is 1. The van der Waals surface area contributed by atoms with Gasteiger partial charge in [0.05, 0.1) is 18.9 Å². The fraction of sp³-hybridized carbons (Fsp3) is 0.382. The molecule has 7 N–H and O–H groups in total. The fourth-order valence-corrected chi connectivity index (χ4v) is 4.57. The van der Waals surface area contributed by atoms with Crippen LogP contribution in [0.5, 0.6) is 17.2 Å². The monoisotopic (exact) mass is 560 g/mol. The highest BCUT2D eigenvalue weighted by Crippen LogP contribution is 2.28. The molecule has 7 heteroatoms. The third-order valence-corrected chi connectivity index (χ3v) is 7.03. The van der Waals surface area contributed by atoms with E-state index in [1.54, 1.807) is 37.3 Å². The third-order valence-electron chi connectivity index (χ3n) is 7.03. The first-order valence-corrected chi connectivity index (χ1v) is 14.4. The number of benzene rings is 3. The Bertz CT molecular complexity index is 1270. The molecule has 0 spiro atoms. The van der Waals surface area contributed by atoms with Crippen molar-refractivity contribution < 1.29 is 24.9 Å². The Hall–Kier alpha value is -3.65. The number of allylic oxidation sites excluding steroid dienone is 2. The summed E-state index contributed by atoms with van der Waals surface area (Å²) >= 11 is 0. The number of nitrogens with two attached hydrogens (primary N) is 2. The third kappa shape index (κ3) is 11.4. The molecule has 0 saturated heterocycles. The summed E-state index contributed by atoms with van der Waals surface area (Å²) in [4.78, 5) is 12.3. The van der Waals surface area contributed by atoms with E-state index < -0.39 is 6.17 Å². The van der Waals surface area contributed by atoms with E-state index in [2.05, 4.69) is 0 Å². The highest BCUT2D eigenvalue weighted by atomic mass is 16.5. The maximum Gasteiger partial charge on any atom is 0.161 e. The first-order valence-electron chi connectivity index (χ1n) is 14.4. The van der Waals surface area contributed by atoms with Gasteiger partial charge in [-0.3, -0.25) is 4.79 Å². The van der Waals surface area contributed by atoms with Crippen LogP contribution in [0, 0.1) is 0 Å². The number of phenolic OH excluding ortho intramolecular Hbond substituents is 2. The molecule has 41 heavy (non-hydrogen) atoms. The van der Waals surface area contributed by atoms with E-state index in [0.29, 0.717) is 38.0 Å². The summed E-state index contributed by atoms with van der Waals surface area (Å²) in [6.45, 7) is 2.15. The van der Waals surface area contributed by atoms with Gasteiger partial charge >= 0.3 is 0 Å². The van der Waals surface area contributed by atoms with Crippen molar-refractivity contribution in [2.75, 3.05) is 6.61 Å². The van der Waals surface area contributed by atoms with Crippen molar-refractivity contribution in [2.45, 2.75) is 77.0 Å². The van der Waals surface area contributed by atoms with Gasteiger partial charge in [-0.1, -0.05) is 61.4 Å². The van der Waals surface area contributed by atoms with E-state index in [1.807, 2.05) is 42.5 Å². The smallest absolute Gasteiger partial charge is 0.161 e. The Morgan fingerprint density at radius 1 is 0.878 bits per heavy atom. The molecule has 0 aliphatic heterocycles. The van der Waals surface area contributed by atoms with Crippen LogP contribution in [0.1, 0.15) is 79.4 Å². The zero-order valence-electron chi connectivity index (χ0n) is 24.0. The van der Waals surface area contributed by atoms with Crippen LogP contribution in [-0.2, 0) is 24.1 Å². The van der Waals surface area contributed by atoms with Crippen LogP contribution in [0.3, 0.4) is 0 Å². The van der Waals surface area contributed by atoms with Crippen molar-refractivity contribution in [1.29, 1.82) is 0 Å². The zero-order valence-corrected chi connectivity index (χ0v) is 24.0. The highest BCUT2D eigenvalue weighted by Gasteiger charge is 2.09. The maximum absolute atomic E-state index is 12.3. The van der Waals surface area contributed by atoms with Crippen molar-refractivity contribution in [2.24, 2.45) is 11.5 Å². The van der Waals surface area contributed by atoms with Crippen molar-refractivity contribution >= 4 is 5.78 Å². The van der Waals surface area contributed by atoms with Gasteiger partial charge in [0.15, 0.2) is 17.3 Å². The van der Waals surface area contributed by atoms with Gasteiger partial charge in [0.1, 0.15) is 5.75 Å². The molecular weight excluding hydrogens is 516 g/mol. The van der Waals surface area contributed by atoms with Gasteiger partial charge in [0.2, 0.25) is 0 Å². The number of ether oxygens (including phenoxy) is 1. The fourth-order valence-electron chi connectivity index (χ4n) is 4.57. The normalized spacial score (nSPS) is 12.2. The van der Waals surface area contributed by atoms with Crippen molar-refractivity contribution in [3.05, 3.63) is 101 Å². The average molecular weight is 561 g/mol. The molecule has 0 bridgehead atoms. The number of carbonyl (C=O) groups excluding carboxylic acids is 1. The SMILES string of the molecule is C[C@H](O)CCCCC/C=C/C(=O)CCc1ccc(O)c(OCCc2ccc(O)c(Cc3ccc(C(N)N)cc3)c2)c1. The van der Waals surface area contributed by atoms with E-state index in [0.717, 1.165) is 59.9 Å². The van der Waals surface area contributed by atoms with Crippen LogP contribution in [0.15, 0.2) is 72.8 Å². The van der Waals surface area contributed by atoms with Crippen LogP contribution in [0.25, 0.3) is 0 Å². The molecule has 3 aromatic carbocycles. The Morgan fingerprint density at radius 2 is 1.56 bits per heavy atom. The lowest BCUT2D eigenvalue weighted by atomic mass is 9.99.